The third kappa shape index (κ3) is 4.95. The van der Waals surface area contributed by atoms with Gasteiger partial charge in [-0.1, -0.05) is 6.07 Å². The van der Waals surface area contributed by atoms with Crippen molar-refractivity contribution in [3.05, 3.63) is 28.2 Å². The Morgan fingerprint density at radius 1 is 1.43 bits per heavy atom. The number of halogens is 1. The number of hydrogen-bond donors (Lipinski definition) is 2. The molecule has 5 heteroatoms. The standard InChI is InChI=1S/C16H25BrN2O2/c1-19(11-13-7-14(20)8-13)16-4-3-12(9-15(16)17)10-18-5-6-21-2/h3-4,9,13-14,18,20H,5-8,10-11H2,1-2H3. The summed E-state index contributed by atoms with van der Waals surface area (Å²) in [6, 6.07) is 6.49. The van der Waals surface area contributed by atoms with Crippen molar-refractivity contribution in [2.75, 3.05) is 38.8 Å². The molecule has 0 spiro atoms. The molecule has 0 radical (unpaired) electrons. The van der Waals surface area contributed by atoms with Crippen LogP contribution in [0.4, 0.5) is 5.69 Å². The molecule has 2 N–H and O–H groups in total. The zero-order chi connectivity index (χ0) is 15.2. The van der Waals surface area contributed by atoms with Crippen LogP contribution in [0.15, 0.2) is 22.7 Å². The van der Waals surface area contributed by atoms with Crippen molar-refractivity contribution >= 4 is 21.6 Å². The Labute approximate surface area is 135 Å². The van der Waals surface area contributed by atoms with Crippen LogP contribution in [-0.4, -0.2) is 45.1 Å². The van der Waals surface area contributed by atoms with Crippen molar-refractivity contribution in [2.24, 2.45) is 5.92 Å². The van der Waals surface area contributed by atoms with E-state index < -0.39 is 0 Å². The highest BCUT2D eigenvalue weighted by Crippen LogP contribution is 2.32. The van der Waals surface area contributed by atoms with E-state index in [2.05, 4.69) is 51.4 Å². The minimum atomic E-state index is -0.0765. The SMILES string of the molecule is COCCNCc1ccc(N(C)CC2CC(O)C2)c(Br)c1. The maximum atomic E-state index is 9.37. The number of aliphatic hydroxyl groups excluding tert-OH is 1. The summed E-state index contributed by atoms with van der Waals surface area (Å²) in [6.07, 6.45) is 1.79. The van der Waals surface area contributed by atoms with Crippen molar-refractivity contribution in [3.8, 4) is 0 Å². The van der Waals surface area contributed by atoms with Crippen LogP contribution in [0.25, 0.3) is 0 Å². The molecule has 1 aromatic rings. The number of nitrogens with zero attached hydrogens (tertiary/aromatic N) is 1. The average Bonchev–Trinajstić information content (AvgIpc) is 2.42. The maximum Gasteiger partial charge on any atom is 0.0587 e. The highest BCUT2D eigenvalue weighted by atomic mass is 79.9. The topological polar surface area (TPSA) is 44.7 Å². The molecule has 21 heavy (non-hydrogen) atoms. The predicted molar refractivity (Wildman–Crippen MR) is 89.7 cm³/mol. The second-order valence-corrected chi connectivity index (χ2v) is 6.68. The van der Waals surface area contributed by atoms with Crippen LogP contribution < -0.4 is 10.2 Å². The van der Waals surface area contributed by atoms with E-state index in [1.165, 1.54) is 11.3 Å². The number of methoxy groups -OCH3 is 1. The molecule has 0 unspecified atom stereocenters. The molecule has 118 valence electrons. The molecule has 1 saturated carbocycles. The number of aliphatic hydroxyl groups is 1. The summed E-state index contributed by atoms with van der Waals surface area (Å²) >= 11 is 3.67. The first-order chi connectivity index (χ1) is 10.1. The van der Waals surface area contributed by atoms with Gasteiger partial charge in [0.15, 0.2) is 0 Å². The number of hydrogen-bond acceptors (Lipinski definition) is 4. The third-order valence-electron chi connectivity index (χ3n) is 3.98. The van der Waals surface area contributed by atoms with Gasteiger partial charge in [0, 0.05) is 38.3 Å². The molecule has 1 aliphatic carbocycles. The van der Waals surface area contributed by atoms with E-state index in [-0.39, 0.29) is 6.10 Å². The van der Waals surface area contributed by atoms with Crippen molar-refractivity contribution in [2.45, 2.75) is 25.5 Å². The summed E-state index contributed by atoms with van der Waals surface area (Å²) in [5, 5.41) is 12.7. The quantitative estimate of drug-likeness (QED) is 0.702. The number of rotatable bonds is 8. The van der Waals surface area contributed by atoms with E-state index in [9.17, 15) is 5.11 Å². The predicted octanol–water partition coefficient (Wildman–Crippen LogP) is 2.39. The van der Waals surface area contributed by atoms with E-state index in [0.717, 1.165) is 43.6 Å². The van der Waals surface area contributed by atoms with Gasteiger partial charge in [0.05, 0.1) is 18.4 Å². The molecule has 1 fully saturated rings. The Morgan fingerprint density at radius 2 is 2.19 bits per heavy atom. The van der Waals surface area contributed by atoms with Crippen molar-refractivity contribution in [1.82, 2.24) is 5.32 Å². The Hall–Kier alpha value is -0.620. The summed E-state index contributed by atoms with van der Waals surface area (Å²) in [4.78, 5) is 2.27. The van der Waals surface area contributed by atoms with E-state index >= 15 is 0 Å². The fraction of sp³-hybridized carbons (Fsp3) is 0.625. The van der Waals surface area contributed by atoms with Crippen LogP contribution in [0, 0.1) is 5.92 Å². The number of ether oxygens (including phenoxy) is 1. The molecular formula is C16H25BrN2O2. The van der Waals surface area contributed by atoms with Gasteiger partial charge in [0.2, 0.25) is 0 Å². The third-order valence-corrected chi connectivity index (χ3v) is 4.61. The first kappa shape index (κ1) is 16.7. The zero-order valence-electron chi connectivity index (χ0n) is 12.8. The summed E-state index contributed by atoms with van der Waals surface area (Å²) in [5.41, 5.74) is 2.46. The van der Waals surface area contributed by atoms with Gasteiger partial charge in [0.1, 0.15) is 0 Å². The lowest BCUT2D eigenvalue weighted by Gasteiger charge is -2.35. The minimum absolute atomic E-state index is 0.0765. The van der Waals surface area contributed by atoms with Crippen LogP contribution in [0.2, 0.25) is 0 Å². The molecule has 1 aliphatic rings. The van der Waals surface area contributed by atoms with Crippen LogP contribution in [0.3, 0.4) is 0 Å². The van der Waals surface area contributed by atoms with E-state index in [1.807, 2.05) is 0 Å². The van der Waals surface area contributed by atoms with Gasteiger partial charge < -0.3 is 20.1 Å². The summed E-state index contributed by atoms with van der Waals surface area (Å²) < 4.78 is 6.14. The van der Waals surface area contributed by atoms with Crippen LogP contribution in [0.1, 0.15) is 18.4 Å². The lowest BCUT2D eigenvalue weighted by Crippen LogP contribution is -2.37. The Morgan fingerprint density at radius 3 is 2.81 bits per heavy atom. The monoisotopic (exact) mass is 356 g/mol. The number of nitrogens with one attached hydrogen (secondary N) is 1. The van der Waals surface area contributed by atoms with Crippen molar-refractivity contribution in [3.63, 3.8) is 0 Å². The van der Waals surface area contributed by atoms with Gasteiger partial charge in [-0.25, -0.2) is 0 Å². The molecule has 0 saturated heterocycles. The van der Waals surface area contributed by atoms with E-state index in [1.54, 1.807) is 7.11 Å². The number of benzene rings is 1. The van der Waals surface area contributed by atoms with Crippen LogP contribution >= 0.6 is 15.9 Å². The molecule has 0 bridgehead atoms. The fourth-order valence-corrected chi connectivity index (χ4v) is 3.44. The molecule has 0 atom stereocenters. The largest absolute Gasteiger partial charge is 0.393 e. The highest BCUT2D eigenvalue weighted by Gasteiger charge is 2.28. The van der Waals surface area contributed by atoms with Gasteiger partial charge in [-0.2, -0.15) is 0 Å². The average molecular weight is 357 g/mol. The molecule has 0 aromatic heterocycles. The van der Waals surface area contributed by atoms with Gasteiger partial charge in [-0.05, 0) is 52.4 Å². The van der Waals surface area contributed by atoms with Gasteiger partial charge in [-0.3, -0.25) is 0 Å². The highest BCUT2D eigenvalue weighted by molar-refractivity contribution is 9.10. The number of anilines is 1. The normalized spacial score (nSPS) is 21.1. The molecule has 1 aromatic carbocycles. The Balaban J connectivity index is 1.85. The molecule has 0 heterocycles. The smallest absolute Gasteiger partial charge is 0.0587 e. The summed E-state index contributed by atoms with van der Waals surface area (Å²) in [5.74, 6) is 0.618. The lowest BCUT2D eigenvalue weighted by molar-refractivity contribution is 0.0465. The summed E-state index contributed by atoms with van der Waals surface area (Å²) in [7, 11) is 3.82. The fourth-order valence-electron chi connectivity index (χ4n) is 2.71. The molecule has 4 nitrogen and oxygen atoms in total. The van der Waals surface area contributed by atoms with Gasteiger partial charge in [0.25, 0.3) is 0 Å². The minimum Gasteiger partial charge on any atom is -0.393 e. The van der Waals surface area contributed by atoms with Crippen molar-refractivity contribution in [1.29, 1.82) is 0 Å². The van der Waals surface area contributed by atoms with Gasteiger partial charge in [-0.15, -0.1) is 0 Å². The van der Waals surface area contributed by atoms with Gasteiger partial charge >= 0.3 is 0 Å². The Bertz CT molecular complexity index is 450. The van der Waals surface area contributed by atoms with Crippen LogP contribution in [0.5, 0.6) is 0 Å². The molecular weight excluding hydrogens is 332 g/mol. The van der Waals surface area contributed by atoms with E-state index in [4.69, 9.17) is 4.74 Å². The molecule has 0 aliphatic heterocycles. The summed E-state index contributed by atoms with van der Waals surface area (Å²) in [6.45, 7) is 3.44. The first-order valence-electron chi connectivity index (χ1n) is 7.47. The first-order valence-corrected chi connectivity index (χ1v) is 8.26. The zero-order valence-corrected chi connectivity index (χ0v) is 14.4. The molecule has 2 rings (SSSR count). The maximum absolute atomic E-state index is 9.37. The van der Waals surface area contributed by atoms with E-state index in [0.29, 0.717) is 5.92 Å². The second-order valence-electron chi connectivity index (χ2n) is 5.83. The second kappa shape index (κ2) is 8.13. The van der Waals surface area contributed by atoms with Crippen molar-refractivity contribution < 1.29 is 9.84 Å². The molecule has 0 amide bonds. The Kier molecular flexibility index (Phi) is 6.48. The lowest BCUT2D eigenvalue weighted by atomic mass is 9.82. The van der Waals surface area contributed by atoms with Crippen LogP contribution in [-0.2, 0) is 11.3 Å².